The summed E-state index contributed by atoms with van der Waals surface area (Å²) in [5.41, 5.74) is 6.37. The summed E-state index contributed by atoms with van der Waals surface area (Å²) in [6.45, 7) is 11.2. The minimum atomic E-state index is 0.245. The molecule has 2 saturated heterocycles. The summed E-state index contributed by atoms with van der Waals surface area (Å²) in [6.07, 6.45) is 2.94. The van der Waals surface area contributed by atoms with Crippen molar-refractivity contribution in [1.82, 2.24) is 19.9 Å². The molecule has 4 heterocycles. The van der Waals surface area contributed by atoms with E-state index in [1.165, 1.54) is 11.3 Å². The molecule has 0 radical (unpaired) electrons. The zero-order valence-corrected chi connectivity index (χ0v) is 21.6. The van der Waals surface area contributed by atoms with Crippen molar-refractivity contribution in [1.29, 1.82) is 0 Å². The van der Waals surface area contributed by atoms with Crippen LogP contribution in [0.2, 0.25) is 0 Å². The molecule has 0 N–H and O–H groups in total. The molecular formula is C29H34N6O2. The van der Waals surface area contributed by atoms with Gasteiger partial charge in [-0.25, -0.2) is 15.0 Å². The van der Waals surface area contributed by atoms with E-state index in [0.717, 1.165) is 86.3 Å². The monoisotopic (exact) mass is 498 g/mol. The Balaban J connectivity index is 1.04. The van der Waals surface area contributed by atoms with Gasteiger partial charge in [-0.05, 0) is 38.0 Å². The van der Waals surface area contributed by atoms with Crippen LogP contribution in [0.5, 0.6) is 0 Å². The Morgan fingerprint density at radius 3 is 2.62 bits per heavy atom. The summed E-state index contributed by atoms with van der Waals surface area (Å²) in [7, 11) is 0. The van der Waals surface area contributed by atoms with Crippen LogP contribution in [-0.4, -0.2) is 65.2 Å². The van der Waals surface area contributed by atoms with Gasteiger partial charge in [0.1, 0.15) is 17.7 Å². The largest absolute Gasteiger partial charge is 0.439 e. The van der Waals surface area contributed by atoms with Gasteiger partial charge in [-0.15, -0.1) is 0 Å². The van der Waals surface area contributed by atoms with E-state index < -0.39 is 0 Å². The molecule has 2 aliphatic heterocycles. The van der Waals surface area contributed by atoms with Gasteiger partial charge < -0.3 is 19.0 Å². The van der Waals surface area contributed by atoms with Crippen molar-refractivity contribution in [3.8, 4) is 0 Å². The third-order valence-corrected chi connectivity index (χ3v) is 7.60. The smallest absolute Gasteiger partial charge is 0.209 e. The summed E-state index contributed by atoms with van der Waals surface area (Å²) < 4.78 is 12.4. The summed E-state index contributed by atoms with van der Waals surface area (Å²) in [4.78, 5) is 20.7. The van der Waals surface area contributed by atoms with Crippen molar-refractivity contribution in [2.75, 3.05) is 49.1 Å². The molecule has 8 nitrogen and oxygen atoms in total. The minimum Gasteiger partial charge on any atom is -0.439 e. The lowest BCUT2D eigenvalue weighted by molar-refractivity contribution is 0.0553. The average molecular weight is 499 g/mol. The van der Waals surface area contributed by atoms with Gasteiger partial charge in [0.15, 0.2) is 5.58 Å². The van der Waals surface area contributed by atoms with Gasteiger partial charge in [0.2, 0.25) is 5.89 Å². The highest BCUT2D eigenvalue weighted by Gasteiger charge is 2.25. The average Bonchev–Trinajstić information content (AvgIpc) is 3.56. The van der Waals surface area contributed by atoms with Crippen molar-refractivity contribution in [3.63, 3.8) is 0 Å². The second-order valence-corrected chi connectivity index (χ2v) is 10.1. The first kappa shape index (κ1) is 23.9. The second-order valence-electron chi connectivity index (χ2n) is 10.1. The number of rotatable bonds is 7. The third kappa shape index (κ3) is 5.31. The van der Waals surface area contributed by atoms with Crippen molar-refractivity contribution in [2.45, 2.75) is 39.5 Å². The molecule has 192 valence electrons. The van der Waals surface area contributed by atoms with E-state index in [4.69, 9.17) is 14.1 Å². The number of benzene rings is 2. The van der Waals surface area contributed by atoms with Gasteiger partial charge >= 0.3 is 0 Å². The number of anilines is 2. The van der Waals surface area contributed by atoms with Crippen LogP contribution >= 0.6 is 0 Å². The van der Waals surface area contributed by atoms with Crippen LogP contribution in [0.1, 0.15) is 29.1 Å². The fourth-order valence-corrected chi connectivity index (χ4v) is 5.27. The number of hydrogen-bond acceptors (Lipinski definition) is 8. The van der Waals surface area contributed by atoms with Crippen molar-refractivity contribution in [2.24, 2.45) is 0 Å². The predicted octanol–water partition coefficient (Wildman–Crippen LogP) is 4.35. The maximum absolute atomic E-state index is 6.20. The van der Waals surface area contributed by atoms with Crippen LogP contribution in [0, 0.1) is 13.8 Å². The standard InChI is InChI=1S/C29H34N6O2/c1-21-22(2)30-20-31-29(21)34-14-12-33(13-15-34)18-28-32-26-9-8-24(16-27(26)37-28)35-11-10-25(17-35)36-19-23-6-4-3-5-7-23/h3-9,16,20,25H,10-15,17-19H2,1-2H3/t25-/m0/s1. The fraction of sp³-hybridized carbons (Fsp3) is 0.414. The van der Waals surface area contributed by atoms with E-state index in [0.29, 0.717) is 6.61 Å². The van der Waals surface area contributed by atoms with Gasteiger partial charge in [-0.3, -0.25) is 4.90 Å². The van der Waals surface area contributed by atoms with Gasteiger partial charge in [0.05, 0.1) is 19.3 Å². The molecule has 2 aromatic carbocycles. The number of aromatic nitrogens is 3. The highest BCUT2D eigenvalue weighted by atomic mass is 16.5. The van der Waals surface area contributed by atoms with Gasteiger partial charge in [-0.1, -0.05) is 30.3 Å². The molecule has 2 fully saturated rings. The number of nitrogens with zero attached hydrogens (tertiary/aromatic N) is 6. The van der Waals surface area contributed by atoms with E-state index in [1.54, 1.807) is 6.33 Å². The summed E-state index contributed by atoms with van der Waals surface area (Å²) in [5, 5.41) is 0. The second kappa shape index (κ2) is 10.5. The molecule has 37 heavy (non-hydrogen) atoms. The zero-order chi connectivity index (χ0) is 25.2. The van der Waals surface area contributed by atoms with Crippen LogP contribution in [0.4, 0.5) is 11.5 Å². The molecule has 0 aliphatic carbocycles. The highest BCUT2D eigenvalue weighted by molar-refractivity contribution is 5.77. The van der Waals surface area contributed by atoms with Crippen LogP contribution < -0.4 is 9.80 Å². The quantitative estimate of drug-likeness (QED) is 0.372. The van der Waals surface area contributed by atoms with E-state index in [-0.39, 0.29) is 6.10 Å². The van der Waals surface area contributed by atoms with Crippen LogP contribution in [0.3, 0.4) is 0 Å². The maximum Gasteiger partial charge on any atom is 0.209 e. The summed E-state index contributed by atoms with van der Waals surface area (Å²) >= 11 is 0. The lowest BCUT2D eigenvalue weighted by Gasteiger charge is -2.35. The Morgan fingerprint density at radius 2 is 1.78 bits per heavy atom. The van der Waals surface area contributed by atoms with E-state index >= 15 is 0 Å². The zero-order valence-electron chi connectivity index (χ0n) is 21.6. The van der Waals surface area contributed by atoms with Crippen LogP contribution in [-0.2, 0) is 17.9 Å². The molecule has 6 rings (SSSR count). The Hall–Kier alpha value is -3.49. The van der Waals surface area contributed by atoms with E-state index in [1.807, 2.05) is 13.0 Å². The molecule has 0 bridgehead atoms. The number of hydrogen-bond donors (Lipinski definition) is 0. The highest BCUT2D eigenvalue weighted by Crippen LogP contribution is 2.28. The Kier molecular flexibility index (Phi) is 6.76. The van der Waals surface area contributed by atoms with Crippen molar-refractivity contribution in [3.05, 3.63) is 77.6 Å². The van der Waals surface area contributed by atoms with Crippen LogP contribution in [0.15, 0.2) is 59.3 Å². The van der Waals surface area contributed by atoms with Crippen molar-refractivity contribution < 1.29 is 9.15 Å². The molecule has 0 spiro atoms. The molecule has 2 aliphatic rings. The summed E-state index contributed by atoms with van der Waals surface area (Å²) in [5.74, 6) is 1.83. The Bertz CT molecular complexity index is 1350. The number of fused-ring (bicyclic) bond motifs is 1. The van der Waals surface area contributed by atoms with Gasteiger partial charge in [0.25, 0.3) is 0 Å². The minimum absolute atomic E-state index is 0.245. The van der Waals surface area contributed by atoms with Gasteiger partial charge in [0, 0.05) is 62.3 Å². The molecule has 4 aromatic rings. The maximum atomic E-state index is 6.20. The number of piperazine rings is 1. The predicted molar refractivity (Wildman–Crippen MR) is 145 cm³/mol. The van der Waals surface area contributed by atoms with Crippen molar-refractivity contribution >= 4 is 22.6 Å². The van der Waals surface area contributed by atoms with E-state index in [9.17, 15) is 0 Å². The molecule has 8 heteroatoms. The summed E-state index contributed by atoms with van der Waals surface area (Å²) in [6, 6.07) is 16.7. The first-order valence-electron chi connectivity index (χ1n) is 13.2. The lowest BCUT2D eigenvalue weighted by atomic mass is 10.2. The SMILES string of the molecule is Cc1ncnc(N2CCN(Cc3nc4ccc(N5CC[C@H](OCc6ccccc6)C5)cc4o3)CC2)c1C. The first-order chi connectivity index (χ1) is 18.1. The lowest BCUT2D eigenvalue weighted by Crippen LogP contribution is -2.46. The topological polar surface area (TPSA) is 70.8 Å². The Morgan fingerprint density at radius 1 is 0.946 bits per heavy atom. The Labute approximate surface area is 217 Å². The first-order valence-corrected chi connectivity index (χ1v) is 13.2. The normalized spacial score (nSPS) is 18.7. The number of aryl methyl sites for hydroxylation is 1. The molecule has 0 amide bonds. The number of oxazole rings is 1. The molecule has 0 unspecified atom stereocenters. The molecule has 2 aromatic heterocycles. The fourth-order valence-electron chi connectivity index (χ4n) is 5.27. The van der Waals surface area contributed by atoms with E-state index in [2.05, 4.69) is 74.1 Å². The third-order valence-electron chi connectivity index (χ3n) is 7.60. The van der Waals surface area contributed by atoms with Gasteiger partial charge in [-0.2, -0.15) is 0 Å². The molecular weight excluding hydrogens is 464 g/mol. The number of ether oxygens (including phenoxy) is 1. The molecule has 0 saturated carbocycles. The van der Waals surface area contributed by atoms with Crippen LogP contribution in [0.25, 0.3) is 11.1 Å². The molecule has 1 atom stereocenters.